The molecule has 6 nitrogen and oxygen atoms in total. The van der Waals surface area contributed by atoms with Gasteiger partial charge in [-0.1, -0.05) is 12.1 Å². The summed E-state index contributed by atoms with van der Waals surface area (Å²) >= 11 is 0.886. The molecule has 0 bridgehead atoms. The molecule has 1 aliphatic rings. The minimum absolute atomic E-state index is 0.290. The Balaban J connectivity index is 2.67. The number of hydrogen-bond acceptors (Lipinski definition) is 5. The fourth-order valence-corrected chi connectivity index (χ4v) is 5.34. The molecule has 0 aliphatic carbocycles. The predicted molar refractivity (Wildman–Crippen MR) is 86.4 cm³/mol. The second-order valence-corrected chi connectivity index (χ2v) is 9.11. The van der Waals surface area contributed by atoms with Crippen molar-refractivity contribution in [3.05, 3.63) is 29.8 Å². The van der Waals surface area contributed by atoms with E-state index in [1.165, 1.54) is 0 Å². The summed E-state index contributed by atoms with van der Waals surface area (Å²) in [5.41, 5.74) is 0.602. The third-order valence-corrected chi connectivity index (χ3v) is 6.44. The van der Waals surface area contributed by atoms with Crippen LogP contribution in [0.3, 0.4) is 0 Å². The van der Waals surface area contributed by atoms with Gasteiger partial charge in [-0.05, 0) is 51.8 Å². The first kappa shape index (κ1) is 16.6. The number of hydrogen-bond donors (Lipinski definition) is 0. The van der Waals surface area contributed by atoms with E-state index in [1.807, 2.05) is 0 Å². The van der Waals surface area contributed by atoms with Crippen LogP contribution in [0.4, 0.5) is 5.69 Å². The number of fused-ring (bicyclic) bond motifs is 1. The number of amides is 1. The van der Waals surface area contributed by atoms with Crippen LogP contribution in [-0.2, 0) is 10.2 Å². The maximum atomic E-state index is 12.8. The summed E-state index contributed by atoms with van der Waals surface area (Å²) in [5.74, 6) is -0.544. The Morgan fingerprint density at radius 3 is 2.41 bits per heavy atom. The number of rotatable bonds is 3. The number of nitriles is 1. The summed E-state index contributed by atoms with van der Waals surface area (Å²) in [6.07, 6.45) is 0. The van der Waals surface area contributed by atoms with Gasteiger partial charge in [0.15, 0.2) is 0 Å². The minimum atomic E-state index is -4.04. The van der Waals surface area contributed by atoms with Gasteiger partial charge in [-0.3, -0.25) is 4.79 Å². The number of carbonyl (C=O) groups is 1. The molecule has 118 valence electrons. The molecule has 0 N–H and O–H groups in total. The van der Waals surface area contributed by atoms with Gasteiger partial charge >= 0.3 is 10.2 Å². The summed E-state index contributed by atoms with van der Waals surface area (Å²) in [6, 6.07) is 8.07. The van der Waals surface area contributed by atoms with Gasteiger partial charge in [0, 0.05) is 6.04 Å². The molecular formula is C14H17N3O3S2. The van der Waals surface area contributed by atoms with Crippen LogP contribution in [0.25, 0.3) is 0 Å². The number of carbonyl (C=O) groups excluding carboxylic acids is 1. The highest BCUT2D eigenvalue weighted by molar-refractivity contribution is 8.15. The number of para-hydroxylation sites is 1. The quantitative estimate of drug-likeness (QED) is 0.791. The average Bonchev–Trinajstić information content (AvgIpc) is 2.43. The summed E-state index contributed by atoms with van der Waals surface area (Å²) in [6.45, 7) is 6.54. The Bertz CT molecular complexity index is 751. The fraction of sp³-hybridized carbons (Fsp3) is 0.429. The van der Waals surface area contributed by atoms with Crippen LogP contribution < -0.4 is 3.71 Å². The molecule has 1 aromatic rings. The van der Waals surface area contributed by atoms with E-state index in [9.17, 15) is 18.5 Å². The van der Waals surface area contributed by atoms with E-state index < -0.39 is 26.9 Å². The first-order valence-electron chi connectivity index (χ1n) is 6.70. The van der Waals surface area contributed by atoms with Gasteiger partial charge in [0.2, 0.25) is 0 Å². The fourth-order valence-electron chi connectivity index (χ4n) is 2.07. The molecule has 0 aromatic heterocycles. The van der Waals surface area contributed by atoms with Crippen molar-refractivity contribution in [2.45, 2.75) is 38.5 Å². The summed E-state index contributed by atoms with van der Waals surface area (Å²) in [7, 11) is -4.04. The van der Waals surface area contributed by atoms with E-state index in [0.29, 0.717) is 5.56 Å². The van der Waals surface area contributed by atoms with E-state index >= 15 is 0 Å². The van der Waals surface area contributed by atoms with Crippen molar-refractivity contribution in [3.8, 4) is 6.07 Å². The van der Waals surface area contributed by atoms with Crippen molar-refractivity contribution in [2.24, 2.45) is 0 Å². The molecule has 1 aliphatic heterocycles. The maximum absolute atomic E-state index is 12.8. The Hall–Kier alpha value is -1.72. The second kappa shape index (κ2) is 5.48. The predicted octanol–water partition coefficient (Wildman–Crippen LogP) is 2.55. The molecule has 0 radical (unpaired) electrons. The van der Waals surface area contributed by atoms with Crippen molar-refractivity contribution in [1.29, 1.82) is 5.26 Å². The first-order valence-corrected chi connectivity index (χ1v) is 8.87. The number of nitrogens with zero attached hydrogens (tertiary/aromatic N) is 3. The molecule has 1 heterocycles. The van der Waals surface area contributed by atoms with Crippen molar-refractivity contribution in [3.63, 3.8) is 0 Å². The van der Waals surface area contributed by atoms with Crippen molar-refractivity contribution in [2.75, 3.05) is 3.71 Å². The van der Waals surface area contributed by atoms with E-state index in [-0.39, 0.29) is 5.69 Å². The largest absolute Gasteiger partial charge is 0.338 e. The van der Waals surface area contributed by atoms with Crippen LogP contribution >= 0.6 is 11.9 Å². The lowest BCUT2D eigenvalue weighted by molar-refractivity contribution is 0.0833. The van der Waals surface area contributed by atoms with Gasteiger partial charge < -0.3 is 0 Å². The van der Waals surface area contributed by atoms with Crippen LogP contribution in [0.15, 0.2) is 24.3 Å². The molecule has 2 rings (SSSR count). The summed E-state index contributed by atoms with van der Waals surface area (Å²) in [4.78, 5) is 12.5. The van der Waals surface area contributed by atoms with Crippen molar-refractivity contribution >= 4 is 33.8 Å². The highest BCUT2D eigenvalue weighted by atomic mass is 32.3. The van der Waals surface area contributed by atoms with Gasteiger partial charge in [0.1, 0.15) is 4.75 Å². The molecule has 1 amide bonds. The van der Waals surface area contributed by atoms with Gasteiger partial charge in [-0.2, -0.15) is 17.4 Å². The smallest absolute Gasteiger partial charge is 0.268 e. The third-order valence-electron chi connectivity index (χ3n) is 3.04. The van der Waals surface area contributed by atoms with Crippen molar-refractivity contribution < 1.29 is 13.2 Å². The molecule has 8 heteroatoms. The van der Waals surface area contributed by atoms with E-state index in [4.69, 9.17) is 0 Å². The molecule has 0 atom stereocenters. The van der Waals surface area contributed by atoms with E-state index in [2.05, 4.69) is 6.07 Å². The van der Waals surface area contributed by atoms with Gasteiger partial charge in [0.05, 0.1) is 17.3 Å². The molecule has 1 aromatic carbocycles. The lowest BCUT2D eigenvalue weighted by Gasteiger charge is -2.39. The maximum Gasteiger partial charge on any atom is 0.338 e. The minimum Gasteiger partial charge on any atom is -0.268 e. The van der Waals surface area contributed by atoms with Crippen LogP contribution in [-0.4, -0.2) is 29.4 Å². The Kier molecular flexibility index (Phi) is 4.15. The monoisotopic (exact) mass is 339 g/mol. The molecule has 0 saturated carbocycles. The Labute approximate surface area is 135 Å². The first-order chi connectivity index (χ1) is 10.1. The zero-order valence-corrected chi connectivity index (χ0v) is 14.4. The second-order valence-electron chi connectivity index (χ2n) is 5.66. The lowest BCUT2D eigenvalue weighted by Crippen LogP contribution is -2.52. The SMILES string of the molecule is CC(C)N1C(=O)c2ccccc2N(SC(C)(C)C#N)S1(=O)=O. The highest BCUT2D eigenvalue weighted by Gasteiger charge is 2.45. The molecule has 0 spiro atoms. The molecule has 0 fully saturated rings. The lowest BCUT2D eigenvalue weighted by atomic mass is 10.1. The molecule has 0 unspecified atom stereocenters. The molecular weight excluding hydrogens is 322 g/mol. The number of benzene rings is 1. The zero-order valence-electron chi connectivity index (χ0n) is 12.8. The van der Waals surface area contributed by atoms with E-state index in [1.54, 1.807) is 52.0 Å². The van der Waals surface area contributed by atoms with Gasteiger partial charge in [0.25, 0.3) is 5.91 Å². The normalized spacial score (nSPS) is 17.4. The van der Waals surface area contributed by atoms with Gasteiger partial charge in [-0.15, -0.1) is 0 Å². The van der Waals surface area contributed by atoms with Crippen LogP contribution in [0.2, 0.25) is 0 Å². The van der Waals surface area contributed by atoms with Crippen LogP contribution in [0, 0.1) is 11.3 Å². The molecule has 0 saturated heterocycles. The van der Waals surface area contributed by atoms with Crippen LogP contribution in [0.5, 0.6) is 0 Å². The third kappa shape index (κ3) is 2.66. The van der Waals surface area contributed by atoms with E-state index in [0.717, 1.165) is 20.0 Å². The summed E-state index contributed by atoms with van der Waals surface area (Å²) in [5, 5.41) is 9.20. The average molecular weight is 339 g/mol. The van der Waals surface area contributed by atoms with Gasteiger partial charge in [-0.25, -0.2) is 4.31 Å². The number of anilines is 1. The zero-order chi connectivity index (χ0) is 16.7. The Morgan fingerprint density at radius 1 is 1.27 bits per heavy atom. The topological polar surface area (TPSA) is 81.5 Å². The standard InChI is InChI=1S/C14H17N3O3S2/c1-10(2)16-13(18)11-7-5-6-8-12(11)17(22(16,19)20)21-14(3,4)9-15/h5-8,10H,1-4H3. The van der Waals surface area contributed by atoms with Crippen LogP contribution in [0.1, 0.15) is 38.1 Å². The molecule has 22 heavy (non-hydrogen) atoms. The van der Waals surface area contributed by atoms with Crippen molar-refractivity contribution in [1.82, 2.24) is 4.31 Å². The highest BCUT2D eigenvalue weighted by Crippen LogP contribution is 2.41. The summed E-state index contributed by atoms with van der Waals surface area (Å²) < 4.78 is 26.6. The Morgan fingerprint density at radius 2 is 1.86 bits per heavy atom.